The lowest BCUT2D eigenvalue weighted by atomic mass is 9.96. The highest BCUT2D eigenvalue weighted by Gasteiger charge is 2.27. The van der Waals surface area contributed by atoms with Crippen molar-refractivity contribution in [2.45, 2.75) is 52.3 Å². The summed E-state index contributed by atoms with van der Waals surface area (Å²) in [5, 5.41) is 10.9. The first-order valence-corrected chi connectivity index (χ1v) is 10.1. The Balaban J connectivity index is 2.79. The second-order valence-corrected chi connectivity index (χ2v) is 9.33. The van der Waals surface area contributed by atoms with Crippen molar-refractivity contribution >= 4 is 23.5 Å². The van der Waals surface area contributed by atoms with Crippen molar-refractivity contribution < 1.29 is 14.0 Å². The van der Waals surface area contributed by atoms with E-state index in [0.29, 0.717) is 11.6 Å². The van der Waals surface area contributed by atoms with Crippen LogP contribution in [0.3, 0.4) is 0 Å². The van der Waals surface area contributed by atoms with Gasteiger partial charge in [0.05, 0.1) is 6.04 Å². The molecule has 0 saturated heterocycles. The highest BCUT2D eigenvalue weighted by atomic mass is 32.2. The van der Waals surface area contributed by atoms with Gasteiger partial charge in [0, 0.05) is 12.3 Å². The minimum Gasteiger partial charge on any atom is -0.408 e. The SMILES string of the molecule is CC(C)CC(NC(=O)/C=C/C(C)(C)C)C(=O)c1nnc(SCCN(C)C)o1. The number of Topliss-reactive ketones (excluding diaryl/α,β-unsaturated/α-hetero) is 1. The van der Waals surface area contributed by atoms with Crippen molar-refractivity contribution in [1.82, 2.24) is 20.4 Å². The molecular weight excluding hydrogens is 364 g/mol. The third-order valence-corrected chi connectivity index (χ3v) is 4.25. The van der Waals surface area contributed by atoms with E-state index in [9.17, 15) is 9.59 Å². The monoisotopic (exact) mass is 396 g/mol. The minimum atomic E-state index is -0.692. The van der Waals surface area contributed by atoms with E-state index < -0.39 is 6.04 Å². The molecule has 0 aliphatic carbocycles. The number of ketones is 1. The molecule has 1 atom stereocenters. The quantitative estimate of drug-likeness (QED) is 0.369. The van der Waals surface area contributed by atoms with Crippen LogP contribution in [-0.2, 0) is 4.79 Å². The van der Waals surface area contributed by atoms with Gasteiger partial charge in [-0.25, -0.2) is 0 Å². The Morgan fingerprint density at radius 3 is 2.48 bits per heavy atom. The number of amides is 1. The smallest absolute Gasteiger partial charge is 0.286 e. The van der Waals surface area contributed by atoms with Crippen LogP contribution < -0.4 is 5.32 Å². The Kier molecular flexibility index (Phi) is 9.18. The molecule has 1 aromatic rings. The average Bonchev–Trinajstić information content (AvgIpc) is 2.99. The summed E-state index contributed by atoms with van der Waals surface area (Å²) in [6, 6.07) is -0.692. The van der Waals surface area contributed by atoms with Crippen molar-refractivity contribution in [1.29, 1.82) is 0 Å². The summed E-state index contributed by atoms with van der Waals surface area (Å²) < 4.78 is 5.49. The van der Waals surface area contributed by atoms with Gasteiger partial charge >= 0.3 is 0 Å². The fourth-order valence-electron chi connectivity index (χ4n) is 2.08. The molecule has 0 aromatic carbocycles. The summed E-state index contributed by atoms with van der Waals surface area (Å²) in [7, 11) is 3.97. The van der Waals surface area contributed by atoms with Crippen LogP contribution in [0, 0.1) is 11.3 Å². The van der Waals surface area contributed by atoms with E-state index in [2.05, 4.69) is 20.4 Å². The fraction of sp³-hybridized carbons (Fsp3) is 0.684. The molecular formula is C19H32N4O3S. The Morgan fingerprint density at radius 1 is 1.26 bits per heavy atom. The number of nitrogens with zero attached hydrogens (tertiary/aromatic N) is 3. The van der Waals surface area contributed by atoms with Gasteiger partial charge < -0.3 is 14.6 Å². The summed E-state index contributed by atoms with van der Waals surface area (Å²) in [6.07, 6.45) is 3.78. The van der Waals surface area contributed by atoms with E-state index in [0.717, 1.165) is 12.3 Å². The zero-order valence-corrected chi connectivity index (χ0v) is 18.2. The zero-order chi connectivity index (χ0) is 20.6. The minimum absolute atomic E-state index is 0.0619. The molecule has 8 heteroatoms. The Labute approximate surface area is 166 Å². The normalized spacial score (nSPS) is 13.5. The molecule has 1 unspecified atom stereocenters. The second-order valence-electron chi connectivity index (χ2n) is 8.28. The molecule has 1 N–H and O–H groups in total. The molecule has 0 spiro atoms. The first kappa shape index (κ1) is 23.4. The van der Waals surface area contributed by atoms with Crippen LogP contribution in [0.2, 0.25) is 0 Å². The predicted octanol–water partition coefficient (Wildman–Crippen LogP) is 3.04. The zero-order valence-electron chi connectivity index (χ0n) is 17.4. The van der Waals surface area contributed by atoms with Gasteiger partial charge in [0.1, 0.15) is 0 Å². The highest BCUT2D eigenvalue weighted by Crippen LogP contribution is 2.18. The third kappa shape index (κ3) is 9.72. The van der Waals surface area contributed by atoms with Crippen LogP contribution in [0.25, 0.3) is 0 Å². The lowest BCUT2D eigenvalue weighted by Gasteiger charge is -2.17. The molecule has 0 bridgehead atoms. The Bertz CT molecular complexity index is 648. The number of hydrogen-bond donors (Lipinski definition) is 1. The summed E-state index contributed by atoms with van der Waals surface area (Å²) in [6.45, 7) is 10.9. The van der Waals surface area contributed by atoms with Crippen molar-refractivity contribution in [3.8, 4) is 0 Å². The average molecular weight is 397 g/mol. The van der Waals surface area contributed by atoms with Gasteiger partial charge in [-0.1, -0.05) is 52.5 Å². The standard InChI is InChI=1S/C19H32N4O3S/c1-13(2)12-14(20-15(24)8-9-19(3,4)5)16(25)17-21-22-18(26-17)27-11-10-23(6)7/h8-9,13-14H,10-12H2,1-7H3,(H,20,24)/b9-8+. The molecule has 1 amide bonds. The van der Waals surface area contributed by atoms with Crippen LogP contribution in [0.5, 0.6) is 0 Å². The van der Waals surface area contributed by atoms with Gasteiger partial charge in [0.2, 0.25) is 11.7 Å². The first-order valence-electron chi connectivity index (χ1n) is 9.13. The van der Waals surface area contributed by atoms with Crippen LogP contribution in [0.4, 0.5) is 0 Å². The molecule has 1 heterocycles. The van der Waals surface area contributed by atoms with Crippen LogP contribution >= 0.6 is 11.8 Å². The summed E-state index contributed by atoms with van der Waals surface area (Å²) in [4.78, 5) is 27.0. The molecule has 152 valence electrons. The molecule has 0 aliphatic heterocycles. The van der Waals surface area contributed by atoms with Gasteiger partial charge in [-0.05, 0) is 37.9 Å². The number of thioether (sulfide) groups is 1. The largest absolute Gasteiger partial charge is 0.408 e. The number of allylic oxidation sites excluding steroid dienone is 1. The highest BCUT2D eigenvalue weighted by molar-refractivity contribution is 7.99. The van der Waals surface area contributed by atoms with E-state index in [1.54, 1.807) is 0 Å². The predicted molar refractivity (Wildman–Crippen MR) is 108 cm³/mol. The number of rotatable bonds is 10. The van der Waals surface area contributed by atoms with Crippen LogP contribution in [-0.4, -0.2) is 59.2 Å². The Hall–Kier alpha value is -1.67. The lowest BCUT2D eigenvalue weighted by Crippen LogP contribution is -2.41. The third-order valence-electron chi connectivity index (χ3n) is 3.46. The Morgan fingerprint density at radius 2 is 1.93 bits per heavy atom. The number of hydrogen-bond acceptors (Lipinski definition) is 7. The molecule has 0 fully saturated rings. The van der Waals surface area contributed by atoms with E-state index >= 15 is 0 Å². The van der Waals surface area contributed by atoms with Gasteiger partial charge in [-0.2, -0.15) is 0 Å². The molecule has 7 nitrogen and oxygen atoms in total. The summed E-state index contributed by atoms with van der Waals surface area (Å²) >= 11 is 1.40. The van der Waals surface area contributed by atoms with Crippen LogP contribution in [0.1, 0.15) is 51.7 Å². The van der Waals surface area contributed by atoms with Crippen molar-refractivity contribution in [3.63, 3.8) is 0 Å². The summed E-state index contributed by atoms with van der Waals surface area (Å²) in [5.41, 5.74) is -0.111. The van der Waals surface area contributed by atoms with Crippen LogP contribution in [0.15, 0.2) is 21.8 Å². The molecule has 1 rings (SSSR count). The molecule has 0 aliphatic rings. The second kappa shape index (κ2) is 10.6. The van der Waals surface area contributed by atoms with E-state index in [1.807, 2.05) is 54.8 Å². The van der Waals surface area contributed by atoms with Crippen molar-refractivity contribution in [2.75, 3.05) is 26.4 Å². The van der Waals surface area contributed by atoms with Crippen molar-refractivity contribution in [2.24, 2.45) is 11.3 Å². The maximum atomic E-state index is 12.8. The molecule has 27 heavy (non-hydrogen) atoms. The van der Waals surface area contributed by atoms with E-state index in [1.165, 1.54) is 17.8 Å². The van der Waals surface area contributed by atoms with Gasteiger partial charge in [-0.3, -0.25) is 9.59 Å². The maximum Gasteiger partial charge on any atom is 0.286 e. The number of nitrogens with one attached hydrogen (secondary N) is 1. The first-order chi connectivity index (χ1) is 12.5. The number of aromatic nitrogens is 2. The molecule has 0 radical (unpaired) electrons. The molecule has 0 saturated carbocycles. The molecule has 1 aromatic heterocycles. The van der Waals surface area contributed by atoms with Crippen molar-refractivity contribution in [3.05, 3.63) is 18.0 Å². The van der Waals surface area contributed by atoms with Gasteiger partial charge in [0.25, 0.3) is 11.1 Å². The van der Waals surface area contributed by atoms with Gasteiger partial charge in [0.15, 0.2) is 0 Å². The number of carbonyl (C=O) groups is 2. The maximum absolute atomic E-state index is 12.8. The summed E-state index contributed by atoms with van der Waals surface area (Å²) in [5.74, 6) is 0.292. The van der Waals surface area contributed by atoms with E-state index in [-0.39, 0.29) is 28.9 Å². The van der Waals surface area contributed by atoms with E-state index in [4.69, 9.17) is 4.42 Å². The number of carbonyl (C=O) groups excluding carboxylic acids is 2. The lowest BCUT2D eigenvalue weighted by molar-refractivity contribution is -0.117. The fourth-order valence-corrected chi connectivity index (χ4v) is 2.95. The van der Waals surface area contributed by atoms with Gasteiger partial charge in [-0.15, -0.1) is 10.2 Å². The topological polar surface area (TPSA) is 88.3 Å².